The van der Waals surface area contributed by atoms with Crippen molar-refractivity contribution in [3.63, 3.8) is 0 Å². The van der Waals surface area contributed by atoms with Crippen molar-refractivity contribution < 1.29 is 0 Å². The minimum Gasteiger partial charge on any atom is -0.370 e. The second-order valence-electron chi connectivity index (χ2n) is 7.48. The SMILES string of the molecule is C=C1Nc2ccc(C)cc2C(N2CCCCC2)=C1C1=C(C)CN=C1C. The summed E-state index contributed by atoms with van der Waals surface area (Å²) in [6, 6.07) is 6.67. The molecule has 3 aliphatic rings. The Morgan fingerprint density at radius 3 is 2.48 bits per heavy atom. The zero-order valence-electron chi connectivity index (χ0n) is 15.6. The summed E-state index contributed by atoms with van der Waals surface area (Å²) in [5, 5.41) is 3.56. The Hall–Kier alpha value is -2.29. The van der Waals surface area contributed by atoms with E-state index in [1.165, 1.54) is 58.5 Å². The third kappa shape index (κ3) is 2.72. The van der Waals surface area contributed by atoms with Crippen LogP contribution in [-0.4, -0.2) is 30.2 Å². The molecule has 3 heteroatoms. The molecule has 0 amide bonds. The van der Waals surface area contributed by atoms with Crippen LogP contribution in [0, 0.1) is 6.92 Å². The van der Waals surface area contributed by atoms with Crippen molar-refractivity contribution in [3.05, 3.63) is 58.3 Å². The highest BCUT2D eigenvalue weighted by molar-refractivity contribution is 6.09. The third-order valence-corrected chi connectivity index (χ3v) is 5.52. The van der Waals surface area contributed by atoms with Crippen molar-refractivity contribution in [2.24, 2.45) is 4.99 Å². The maximum Gasteiger partial charge on any atom is 0.0610 e. The molecule has 0 unspecified atom stereocenters. The molecule has 1 aromatic rings. The smallest absolute Gasteiger partial charge is 0.0610 e. The first-order valence-corrected chi connectivity index (χ1v) is 9.34. The number of hydrogen-bond acceptors (Lipinski definition) is 3. The molecule has 1 aromatic carbocycles. The number of benzene rings is 1. The highest BCUT2D eigenvalue weighted by Gasteiger charge is 2.31. The van der Waals surface area contributed by atoms with Gasteiger partial charge >= 0.3 is 0 Å². The number of aryl methyl sites for hydroxylation is 1. The van der Waals surface area contributed by atoms with E-state index in [0.29, 0.717) is 0 Å². The highest BCUT2D eigenvalue weighted by Crippen LogP contribution is 2.43. The quantitative estimate of drug-likeness (QED) is 0.831. The number of anilines is 1. The van der Waals surface area contributed by atoms with E-state index in [2.05, 4.69) is 60.8 Å². The standard InChI is InChI=1S/C22H27N3/c1-14-8-9-19-18(12-14)22(25-10-6-5-7-11-25)21(17(4)24-19)20-15(2)13-23-16(20)3/h8-9,12,24H,4-7,10-11,13H2,1-3H3. The van der Waals surface area contributed by atoms with E-state index >= 15 is 0 Å². The van der Waals surface area contributed by atoms with Crippen molar-refractivity contribution >= 4 is 17.1 Å². The summed E-state index contributed by atoms with van der Waals surface area (Å²) in [6.07, 6.45) is 3.87. The van der Waals surface area contributed by atoms with Crippen LogP contribution in [0.4, 0.5) is 5.69 Å². The number of likely N-dealkylation sites (tertiary alicyclic amines) is 1. The van der Waals surface area contributed by atoms with Gasteiger partial charge in [-0.1, -0.05) is 18.2 Å². The number of allylic oxidation sites excluding steroid dienone is 1. The van der Waals surface area contributed by atoms with Crippen molar-refractivity contribution in [1.29, 1.82) is 0 Å². The second-order valence-corrected chi connectivity index (χ2v) is 7.48. The Kier molecular flexibility index (Phi) is 4.03. The molecule has 1 fully saturated rings. The van der Waals surface area contributed by atoms with E-state index in [4.69, 9.17) is 0 Å². The number of aliphatic imine (C=N–C) groups is 1. The molecule has 3 aliphatic heterocycles. The molecule has 25 heavy (non-hydrogen) atoms. The predicted molar refractivity (Wildman–Crippen MR) is 107 cm³/mol. The minimum atomic E-state index is 0.811. The first-order valence-electron chi connectivity index (χ1n) is 9.34. The lowest BCUT2D eigenvalue weighted by Crippen LogP contribution is -2.32. The number of nitrogens with zero attached hydrogens (tertiary/aromatic N) is 2. The molecular formula is C22H27N3. The van der Waals surface area contributed by atoms with Crippen LogP contribution in [0.15, 0.2) is 52.2 Å². The van der Waals surface area contributed by atoms with Gasteiger partial charge in [0.2, 0.25) is 0 Å². The van der Waals surface area contributed by atoms with Gasteiger partial charge in [-0.05, 0) is 57.7 Å². The van der Waals surface area contributed by atoms with Crippen molar-refractivity contribution in [3.8, 4) is 0 Å². The fourth-order valence-corrected chi connectivity index (χ4v) is 4.28. The summed E-state index contributed by atoms with van der Waals surface area (Å²) in [5.74, 6) is 0. The largest absolute Gasteiger partial charge is 0.370 e. The molecule has 3 nitrogen and oxygen atoms in total. The molecule has 0 bridgehead atoms. The van der Waals surface area contributed by atoms with Crippen LogP contribution in [-0.2, 0) is 0 Å². The van der Waals surface area contributed by atoms with Gasteiger partial charge < -0.3 is 10.2 Å². The van der Waals surface area contributed by atoms with Gasteiger partial charge in [0, 0.05) is 46.9 Å². The maximum atomic E-state index is 4.68. The van der Waals surface area contributed by atoms with E-state index in [0.717, 1.165) is 31.0 Å². The minimum absolute atomic E-state index is 0.811. The third-order valence-electron chi connectivity index (χ3n) is 5.52. The molecule has 0 spiro atoms. The second kappa shape index (κ2) is 6.21. The van der Waals surface area contributed by atoms with Gasteiger partial charge in [0.05, 0.1) is 12.2 Å². The Morgan fingerprint density at radius 2 is 1.80 bits per heavy atom. The number of nitrogens with one attached hydrogen (secondary N) is 1. The van der Waals surface area contributed by atoms with Gasteiger partial charge in [0.25, 0.3) is 0 Å². The lowest BCUT2D eigenvalue weighted by atomic mass is 9.87. The molecule has 0 atom stereocenters. The Balaban J connectivity index is 1.98. The van der Waals surface area contributed by atoms with Crippen LogP contribution < -0.4 is 5.32 Å². The summed E-state index contributed by atoms with van der Waals surface area (Å²) in [7, 11) is 0. The van der Waals surface area contributed by atoms with Crippen molar-refractivity contribution in [1.82, 2.24) is 4.90 Å². The number of hydrogen-bond donors (Lipinski definition) is 1. The predicted octanol–water partition coefficient (Wildman–Crippen LogP) is 4.92. The average molecular weight is 333 g/mol. The molecule has 1 saturated heterocycles. The Morgan fingerprint density at radius 1 is 1.04 bits per heavy atom. The van der Waals surface area contributed by atoms with Crippen LogP contribution >= 0.6 is 0 Å². The molecule has 0 aromatic heterocycles. The van der Waals surface area contributed by atoms with Gasteiger partial charge in [0.15, 0.2) is 0 Å². The molecule has 1 N–H and O–H groups in total. The van der Waals surface area contributed by atoms with Crippen LogP contribution in [0.25, 0.3) is 5.70 Å². The van der Waals surface area contributed by atoms with E-state index in [-0.39, 0.29) is 0 Å². The van der Waals surface area contributed by atoms with Gasteiger partial charge in [-0.2, -0.15) is 0 Å². The summed E-state index contributed by atoms with van der Waals surface area (Å²) in [6.45, 7) is 14.0. The topological polar surface area (TPSA) is 27.6 Å². The summed E-state index contributed by atoms with van der Waals surface area (Å²) < 4.78 is 0. The number of piperidine rings is 1. The van der Waals surface area contributed by atoms with Crippen molar-refractivity contribution in [2.45, 2.75) is 40.0 Å². The molecule has 0 aliphatic carbocycles. The molecule has 3 heterocycles. The number of rotatable bonds is 2. The Labute approximate surface area is 150 Å². The maximum absolute atomic E-state index is 4.68. The van der Waals surface area contributed by atoms with Crippen molar-refractivity contribution in [2.75, 3.05) is 25.0 Å². The molecule has 0 radical (unpaired) electrons. The molecular weight excluding hydrogens is 306 g/mol. The highest BCUT2D eigenvalue weighted by atomic mass is 15.2. The normalized spacial score (nSPS) is 20.7. The molecule has 0 saturated carbocycles. The van der Waals surface area contributed by atoms with E-state index in [1.807, 2.05) is 0 Å². The first-order chi connectivity index (χ1) is 12.1. The van der Waals surface area contributed by atoms with Gasteiger partial charge in [-0.3, -0.25) is 4.99 Å². The molecule has 130 valence electrons. The fraction of sp³-hybridized carbons (Fsp3) is 0.409. The fourth-order valence-electron chi connectivity index (χ4n) is 4.28. The van der Waals surface area contributed by atoms with Crippen LogP contribution in [0.1, 0.15) is 44.2 Å². The monoisotopic (exact) mass is 333 g/mol. The summed E-state index contributed by atoms with van der Waals surface area (Å²) in [5.41, 5.74) is 11.2. The summed E-state index contributed by atoms with van der Waals surface area (Å²) in [4.78, 5) is 7.26. The zero-order chi connectivity index (χ0) is 17.6. The molecule has 4 rings (SSSR count). The van der Waals surface area contributed by atoms with Crippen LogP contribution in [0.2, 0.25) is 0 Å². The lowest BCUT2D eigenvalue weighted by Gasteiger charge is -2.38. The van der Waals surface area contributed by atoms with Crippen LogP contribution in [0.5, 0.6) is 0 Å². The Bertz CT molecular complexity index is 833. The summed E-state index contributed by atoms with van der Waals surface area (Å²) >= 11 is 0. The van der Waals surface area contributed by atoms with Gasteiger partial charge in [-0.25, -0.2) is 0 Å². The van der Waals surface area contributed by atoms with E-state index < -0.39 is 0 Å². The number of fused-ring (bicyclic) bond motifs is 1. The zero-order valence-corrected chi connectivity index (χ0v) is 15.6. The van der Waals surface area contributed by atoms with E-state index in [1.54, 1.807) is 0 Å². The van der Waals surface area contributed by atoms with Crippen LogP contribution in [0.3, 0.4) is 0 Å². The van der Waals surface area contributed by atoms with Gasteiger partial charge in [0.1, 0.15) is 0 Å². The first kappa shape index (κ1) is 16.2. The average Bonchev–Trinajstić information content (AvgIpc) is 2.93. The lowest BCUT2D eigenvalue weighted by molar-refractivity contribution is 0.324. The van der Waals surface area contributed by atoms with Gasteiger partial charge in [-0.15, -0.1) is 0 Å². The van der Waals surface area contributed by atoms with E-state index in [9.17, 15) is 0 Å².